The van der Waals surface area contributed by atoms with Gasteiger partial charge in [-0.05, 0) is 57.2 Å². The zero-order valence-electron chi connectivity index (χ0n) is 18.4. The zero-order valence-corrected chi connectivity index (χ0v) is 20.0. The first-order chi connectivity index (χ1) is 14.7. The first-order valence-corrected chi connectivity index (χ1v) is 11.7. The number of hydrogen-bond donors (Lipinski definition) is 1. The molecular weight excluding hydrogens is 434 g/mol. The first kappa shape index (κ1) is 23.4. The number of nitrogens with zero attached hydrogens (tertiary/aromatic N) is 2. The van der Waals surface area contributed by atoms with Gasteiger partial charge in [-0.15, -0.1) is 0 Å². The molecule has 0 fully saturated rings. The van der Waals surface area contributed by atoms with Crippen molar-refractivity contribution in [1.29, 1.82) is 0 Å². The molecule has 8 heteroatoms. The van der Waals surface area contributed by atoms with Gasteiger partial charge >= 0.3 is 5.97 Å². The molecule has 2 aliphatic rings. The van der Waals surface area contributed by atoms with Gasteiger partial charge in [-0.2, -0.15) is 0 Å². The molecule has 2 aliphatic heterocycles. The summed E-state index contributed by atoms with van der Waals surface area (Å²) in [7, 11) is 0. The number of carbonyl (C=O) groups is 2. The van der Waals surface area contributed by atoms with E-state index in [1.165, 1.54) is 11.8 Å². The molecule has 1 amide bonds. The monoisotopic (exact) mass is 461 g/mol. The second kappa shape index (κ2) is 9.92. The molecule has 3 rings (SSSR count). The second-order valence-corrected chi connectivity index (χ2v) is 9.23. The maximum atomic E-state index is 13.1. The van der Waals surface area contributed by atoms with Gasteiger partial charge in [0.25, 0.3) is 0 Å². The number of allylic oxidation sites excluding steroid dienone is 1. The Morgan fingerprint density at radius 1 is 1.26 bits per heavy atom. The number of esters is 1. The third-order valence-electron chi connectivity index (χ3n) is 5.11. The topological polar surface area (TPSA) is 71.0 Å². The Kier molecular flexibility index (Phi) is 7.49. The van der Waals surface area contributed by atoms with Gasteiger partial charge in [-0.25, -0.2) is 9.79 Å². The van der Waals surface area contributed by atoms with Crippen LogP contribution in [0.25, 0.3) is 0 Å². The number of amides is 1. The summed E-state index contributed by atoms with van der Waals surface area (Å²) in [6.45, 7) is 9.46. The van der Waals surface area contributed by atoms with Crippen LogP contribution in [0.1, 0.15) is 59.1 Å². The number of benzene rings is 1. The molecule has 1 aromatic rings. The average Bonchev–Trinajstić information content (AvgIpc) is 3.08. The smallest absolute Gasteiger partial charge is 0.338 e. The summed E-state index contributed by atoms with van der Waals surface area (Å²) in [4.78, 5) is 32.3. The lowest BCUT2D eigenvalue weighted by Crippen LogP contribution is -2.39. The van der Waals surface area contributed by atoms with E-state index in [1.807, 2.05) is 57.1 Å². The van der Waals surface area contributed by atoms with Crippen molar-refractivity contribution < 1.29 is 14.3 Å². The molecule has 0 spiro atoms. The molecule has 0 saturated carbocycles. The van der Waals surface area contributed by atoms with Gasteiger partial charge in [-0.3, -0.25) is 4.79 Å². The standard InChI is InChI=1S/C23H28ClN3O3S/c1-6-14(4)25-19(28)11-18-12-31-23-26-15(5)20(22(29)30-13(2)3)21(27(18)23)16-7-9-17(24)10-8-16/h7-10,12-14,21H,6,11H2,1-5H3,(H,25,28)/t14-,21-/m0/s1. The van der Waals surface area contributed by atoms with E-state index in [9.17, 15) is 9.59 Å². The van der Waals surface area contributed by atoms with Crippen molar-refractivity contribution in [2.45, 2.75) is 65.6 Å². The fourth-order valence-electron chi connectivity index (χ4n) is 3.46. The number of carbonyl (C=O) groups excluding carboxylic acids is 2. The Hall–Kier alpha value is -2.25. The highest BCUT2D eigenvalue weighted by Gasteiger charge is 2.41. The molecule has 0 unspecified atom stereocenters. The predicted molar refractivity (Wildman–Crippen MR) is 126 cm³/mol. The molecule has 166 valence electrons. The Bertz CT molecular complexity index is 953. The second-order valence-electron chi connectivity index (χ2n) is 7.95. The van der Waals surface area contributed by atoms with Crippen LogP contribution in [-0.4, -0.2) is 34.1 Å². The fraction of sp³-hybridized carbons (Fsp3) is 0.435. The number of fused-ring (bicyclic) bond motifs is 1. The molecule has 6 nitrogen and oxygen atoms in total. The molecule has 31 heavy (non-hydrogen) atoms. The molecule has 0 saturated heterocycles. The van der Waals surface area contributed by atoms with Crippen molar-refractivity contribution in [2.24, 2.45) is 4.99 Å². The van der Waals surface area contributed by atoms with E-state index in [0.29, 0.717) is 16.3 Å². The Morgan fingerprint density at radius 2 is 1.94 bits per heavy atom. The third kappa shape index (κ3) is 5.33. The van der Waals surface area contributed by atoms with Gasteiger partial charge in [0.15, 0.2) is 5.17 Å². The minimum atomic E-state index is -0.450. The average molecular weight is 462 g/mol. The van der Waals surface area contributed by atoms with Crippen molar-refractivity contribution in [2.75, 3.05) is 0 Å². The van der Waals surface area contributed by atoms with Crippen molar-refractivity contribution in [3.05, 3.63) is 57.2 Å². The predicted octanol–water partition coefficient (Wildman–Crippen LogP) is 5.17. The van der Waals surface area contributed by atoms with Crippen LogP contribution in [0.15, 0.2) is 51.6 Å². The maximum absolute atomic E-state index is 13.1. The molecule has 1 N–H and O–H groups in total. The van der Waals surface area contributed by atoms with Gasteiger partial charge in [-0.1, -0.05) is 42.4 Å². The van der Waals surface area contributed by atoms with Gasteiger partial charge in [0, 0.05) is 16.8 Å². The van der Waals surface area contributed by atoms with Crippen molar-refractivity contribution >= 4 is 40.4 Å². The van der Waals surface area contributed by atoms with E-state index >= 15 is 0 Å². The Labute approximate surface area is 192 Å². The summed E-state index contributed by atoms with van der Waals surface area (Å²) in [6.07, 6.45) is 0.802. The largest absolute Gasteiger partial charge is 0.459 e. The highest BCUT2D eigenvalue weighted by atomic mass is 35.5. The van der Waals surface area contributed by atoms with E-state index in [2.05, 4.69) is 10.3 Å². The molecule has 0 bridgehead atoms. The quantitative estimate of drug-likeness (QED) is 0.567. The molecule has 2 atom stereocenters. The van der Waals surface area contributed by atoms with Crippen LogP contribution in [0.4, 0.5) is 0 Å². The van der Waals surface area contributed by atoms with Crippen molar-refractivity contribution in [3.63, 3.8) is 0 Å². The summed E-state index contributed by atoms with van der Waals surface area (Å²) in [5, 5.41) is 6.29. The summed E-state index contributed by atoms with van der Waals surface area (Å²) < 4.78 is 5.54. The van der Waals surface area contributed by atoms with Crippen LogP contribution in [0.5, 0.6) is 0 Å². The SMILES string of the molecule is CC[C@H](C)NC(=O)CC1=CSC2=NC(C)=C(C(=O)OC(C)C)[C@H](c3ccc(Cl)cc3)N12. The molecule has 0 aromatic heterocycles. The van der Waals surface area contributed by atoms with E-state index in [4.69, 9.17) is 16.3 Å². The highest BCUT2D eigenvalue weighted by Crippen LogP contribution is 2.45. The number of halogens is 1. The third-order valence-corrected chi connectivity index (χ3v) is 6.25. The van der Waals surface area contributed by atoms with E-state index in [-0.39, 0.29) is 24.5 Å². The van der Waals surface area contributed by atoms with Gasteiger partial charge < -0.3 is 15.0 Å². The van der Waals surface area contributed by atoms with Crippen LogP contribution in [-0.2, 0) is 14.3 Å². The lowest BCUT2D eigenvalue weighted by atomic mass is 9.94. The Balaban J connectivity index is 2.00. The molecule has 0 aliphatic carbocycles. The fourth-order valence-corrected chi connectivity index (χ4v) is 4.55. The van der Waals surface area contributed by atoms with Crippen LogP contribution >= 0.6 is 23.4 Å². The van der Waals surface area contributed by atoms with Crippen LogP contribution in [0, 0.1) is 0 Å². The summed E-state index contributed by atoms with van der Waals surface area (Å²) in [6, 6.07) is 7.03. The molecule has 2 heterocycles. The van der Waals surface area contributed by atoms with Crippen LogP contribution in [0.2, 0.25) is 5.02 Å². The van der Waals surface area contributed by atoms with Crippen molar-refractivity contribution in [3.8, 4) is 0 Å². The summed E-state index contributed by atoms with van der Waals surface area (Å²) >= 11 is 7.56. The van der Waals surface area contributed by atoms with Gasteiger partial charge in [0.2, 0.25) is 5.91 Å². The molecule has 1 aromatic carbocycles. The number of amidine groups is 1. The van der Waals surface area contributed by atoms with E-state index < -0.39 is 12.0 Å². The van der Waals surface area contributed by atoms with E-state index in [0.717, 1.165) is 22.8 Å². The molecule has 0 radical (unpaired) electrons. The molecular formula is C23H28ClN3O3S. The number of ether oxygens (including phenoxy) is 1. The van der Waals surface area contributed by atoms with Crippen LogP contribution in [0.3, 0.4) is 0 Å². The first-order valence-electron chi connectivity index (χ1n) is 10.4. The normalized spacial score (nSPS) is 19.1. The lowest BCUT2D eigenvalue weighted by molar-refractivity contribution is -0.143. The lowest BCUT2D eigenvalue weighted by Gasteiger charge is -2.36. The summed E-state index contributed by atoms with van der Waals surface area (Å²) in [5.41, 5.74) is 2.76. The van der Waals surface area contributed by atoms with Crippen molar-refractivity contribution in [1.82, 2.24) is 10.2 Å². The minimum absolute atomic E-state index is 0.0603. The number of thioether (sulfide) groups is 1. The Morgan fingerprint density at radius 3 is 2.55 bits per heavy atom. The van der Waals surface area contributed by atoms with Gasteiger partial charge in [0.05, 0.1) is 29.8 Å². The van der Waals surface area contributed by atoms with Crippen LogP contribution < -0.4 is 5.32 Å². The summed E-state index contributed by atoms with van der Waals surface area (Å²) in [5.74, 6) is -0.467. The highest BCUT2D eigenvalue weighted by molar-refractivity contribution is 8.16. The number of nitrogens with one attached hydrogen (secondary N) is 1. The minimum Gasteiger partial charge on any atom is -0.459 e. The number of aliphatic imine (C=N–C) groups is 1. The number of rotatable bonds is 7. The zero-order chi connectivity index (χ0) is 22.7. The van der Waals surface area contributed by atoms with Gasteiger partial charge in [0.1, 0.15) is 0 Å². The van der Waals surface area contributed by atoms with E-state index in [1.54, 1.807) is 12.1 Å². The number of hydrogen-bond acceptors (Lipinski definition) is 6. The maximum Gasteiger partial charge on any atom is 0.338 e.